The lowest BCUT2D eigenvalue weighted by Gasteiger charge is -2.10. The summed E-state index contributed by atoms with van der Waals surface area (Å²) in [5, 5.41) is 11.9. The topological polar surface area (TPSA) is 75.0 Å². The quantitative estimate of drug-likeness (QED) is 0.829. The van der Waals surface area contributed by atoms with E-state index in [2.05, 4.69) is 23.3 Å². The number of carbonyl (C=O) groups excluding carboxylic acids is 1. The second-order valence-corrected chi connectivity index (χ2v) is 4.72. The highest BCUT2D eigenvalue weighted by molar-refractivity contribution is 6.04. The van der Waals surface area contributed by atoms with E-state index in [0.717, 1.165) is 12.8 Å². The average Bonchev–Trinajstić information content (AvgIpc) is 2.57. The minimum Gasteiger partial charge on any atom is -0.492 e. The van der Waals surface area contributed by atoms with Crippen LogP contribution in [0.5, 0.6) is 5.75 Å². The molecular formula is C17H17N3O2. The van der Waals surface area contributed by atoms with Crippen LogP contribution in [0.4, 0.5) is 5.69 Å². The maximum atomic E-state index is 12.0. The van der Waals surface area contributed by atoms with E-state index >= 15 is 0 Å². The van der Waals surface area contributed by atoms with Gasteiger partial charge in [0.1, 0.15) is 11.8 Å². The number of pyridine rings is 1. The Bertz CT molecular complexity index is 678. The van der Waals surface area contributed by atoms with Gasteiger partial charge in [-0.3, -0.25) is 9.78 Å². The summed E-state index contributed by atoms with van der Waals surface area (Å²) in [5.74, 6) is 0.270. The van der Waals surface area contributed by atoms with Crippen molar-refractivity contribution in [2.45, 2.75) is 19.8 Å². The number of carbonyl (C=O) groups is 1. The molecule has 1 heterocycles. The molecule has 1 aromatic heterocycles. The molecule has 1 amide bonds. The first kappa shape index (κ1) is 15.5. The summed E-state index contributed by atoms with van der Waals surface area (Å²) < 4.78 is 5.57. The number of nitriles is 1. The van der Waals surface area contributed by atoms with Crippen molar-refractivity contribution in [3.8, 4) is 11.8 Å². The third-order valence-electron chi connectivity index (χ3n) is 3.04. The fourth-order valence-corrected chi connectivity index (χ4v) is 1.85. The number of ether oxygens (including phenoxy) is 1. The number of hydrogen-bond acceptors (Lipinski definition) is 4. The van der Waals surface area contributed by atoms with Gasteiger partial charge in [0, 0.05) is 18.1 Å². The van der Waals surface area contributed by atoms with Gasteiger partial charge in [0.05, 0.1) is 17.7 Å². The van der Waals surface area contributed by atoms with Crippen LogP contribution in [0.3, 0.4) is 0 Å². The number of nitrogens with zero attached hydrogens (tertiary/aromatic N) is 2. The van der Waals surface area contributed by atoms with Gasteiger partial charge in [-0.25, -0.2) is 0 Å². The minimum atomic E-state index is -0.267. The molecule has 0 unspecified atom stereocenters. The summed E-state index contributed by atoms with van der Waals surface area (Å²) in [4.78, 5) is 15.9. The first-order chi connectivity index (χ1) is 10.7. The van der Waals surface area contributed by atoms with Gasteiger partial charge in [-0.05, 0) is 36.8 Å². The molecule has 0 saturated heterocycles. The average molecular weight is 295 g/mol. The third kappa shape index (κ3) is 4.06. The van der Waals surface area contributed by atoms with Crippen LogP contribution in [0.2, 0.25) is 0 Å². The Balaban J connectivity index is 2.09. The Labute approximate surface area is 129 Å². The summed E-state index contributed by atoms with van der Waals surface area (Å²) in [6, 6.07) is 10.5. The van der Waals surface area contributed by atoms with E-state index in [9.17, 15) is 10.1 Å². The number of nitrogens with one attached hydrogen (secondary N) is 1. The van der Waals surface area contributed by atoms with Crippen molar-refractivity contribution in [2.75, 3.05) is 11.9 Å². The van der Waals surface area contributed by atoms with Crippen molar-refractivity contribution in [3.05, 3.63) is 53.9 Å². The zero-order valence-corrected chi connectivity index (χ0v) is 12.4. The molecule has 5 nitrogen and oxygen atoms in total. The molecule has 0 aliphatic carbocycles. The molecule has 1 aromatic carbocycles. The van der Waals surface area contributed by atoms with Crippen molar-refractivity contribution < 1.29 is 9.53 Å². The monoisotopic (exact) mass is 295 g/mol. The van der Waals surface area contributed by atoms with Crippen LogP contribution in [0, 0.1) is 11.3 Å². The normalized spacial score (nSPS) is 9.82. The summed E-state index contributed by atoms with van der Waals surface area (Å²) in [6.45, 7) is 2.65. The van der Waals surface area contributed by atoms with E-state index in [4.69, 9.17) is 4.74 Å². The highest BCUT2D eigenvalue weighted by Gasteiger charge is 2.09. The predicted octanol–water partition coefficient (Wildman–Crippen LogP) is 3.38. The highest BCUT2D eigenvalue weighted by Crippen LogP contribution is 2.22. The molecule has 2 rings (SSSR count). The zero-order valence-electron chi connectivity index (χ0n) is 12.4. The van der Waals surface area contributed by atoms with Gasteiger partial charge in [0.25, 0.3) is 5.91 Å². The second-order valence-electron chi connectivity index (χ2n) is 4.72. The maximum absolute atomic E-state index is 12.0. The van der Waals surface area contributed by atoms with Crippen LogP contribution in [-0.2, 0) is 0 Å². The molecule has 0 aliphatic heterocycles. The maximum Gasteiger partial charge on any atom is 0.257 e. The first-order valence-electron chi connectivity index (χ1n) is 7.13. The van der Waals surface area contributed by atoms with Crippen LogP contribution in [-0.4, -0.2) is 17.5 Å². The van der Waals surface area contributed by atoms with Crippen molar-refractivity contribution >= 4 is 11.6 Å². The third-order valence-corrected chi connectivity index (χ3v) is 3.04. The first-order valence-corrected chi connectivity index (χ1v) is 7.13. The fourth-order valence-electron chi connectivity index (χ4n) is 1.85. The fraction of sp³-hybridized carbons (Fsp3) is 0.235. The SMILES string of the molecule is CCCCOc1ccc(NC(=O)c2cccnc2)cc1C#N. The van der Waals surface area contributed by atoms with Crippen LogP contribution >= 0.6 is 0 Å². The van der Waals surface area contributed by atoms with Gasteiger partial charge in [-0.1, -0.05) is 13.3 Å². The largest absolute Gasteiger partial charge is 0.492 e. The van der Waals surface area contributed by atoms with Gasteiger partial charge in [0.2, 0.25) is 0 Å². The summed E-state index contributed by atoms with van der Waals surface area (Å²) in [7, 11) is 0. The molecule has 5 heteroatoms. The summed E-state index contributed by atoms with van der Waals surface area (Å²) in [6.07, 6.45) is 5.06. The second kappa shape index (κ2) is 7.79. The number of unbranched alkanes of at least 4 members (excludes halogenated alkanes) is 1. The molecule has 1 N–H and O–H groups in total. The molecule has 0 bridgehead atoms. The standard InChI is InChI=1S/C17H17N3O2/c1-2-3-9-22-16-7-6-15(10-14(16)11-18)20-17(21)13-5-4-8-19-12-13/h4-8,10,12H,2-3,9H2,1H3,(H,20,21). The van der Waals surface area contributed by atoms with Gasteiger partial charge < -0.3 is 10.1 Å². The Morgan fingerprint density at radius 1 is 1.41 bits per heavy atom. The van der Waals surface area contributed by atoms with Crippen LogP contribution in [0.25, 0.3) is 0 Å². The van der Waals surface area contributed by atoms with E-state index in [1.54, 1.807) is 36.5 Å². The van der Waals surface area contributed by atoms with Crippen LogP contribution < -0.4 is 10.1 Å². The Hall–Kier alpha value is -2.87. The molecule has 0 radical (unpaired) electrons. The van der Waals surface area contributed by atoms with Gasteiger partial charge >= 0.3 is 0 Å². The molecule has 22 heavy (non-hydrogen) atoms. The van der Waals surface area contributed by atoms with Crippen molar-refractivity contribution in [1.82, 2.24) is 4.98 Å². The minimum absolute atomic E-state index is 0.267. The van der Waals surface area contributed by atoms with Crippen LogP contribution in [0.15, 0.2) is 42.7 Å². The van der Waals surface area contributed by atoms with E-state index in [0.29, 0.717) is 29.2 Å². The molecule has 0 saturated carbocycles. The lowest BCUT2D eigenvalue weighted by atomic mass is 10.2. The molecule has 2 aromatic rings. The predicted molar refractivity (Wildman–Crippen MR) is 83.8 cm³/mol. The molecule has 112 valence electrons. The lowest BCUT2D eigenvalue weighted by Crippen LogP contribution is -2.12. The number of rotatable bonds is 6. The smallest absolute Gasteiger partial charge is 0.257 e. The van der Waals surface area contributed by atoms with Crippen molar-refractivity contribution in [2.24, 2.45) is 0 Å². The Morgan fingerprint density at radius 2 is 2.27 bits per heavy atom. The molecule has 0 aliphatic rings. The van der Waals surface area contributed by atoms with E-state index < -0.39 is 0 Å². The number of amides is 1. The molecule has 0 spiro atoms. The molecular weight excluding hydrogens is 278 g/mol. The zero-order chi connectivity index (χ0) is 15.8. The summed E-state index contributed by atoms with van der Waals surface area (Å²) in [5.41, 5.74) is 1.41. The lowest BCUT2D eigenvalue weighted by molar-refractivity contribution is 0.102. The number of anilines is 1. The number of benzene rings is 1. The Kier molecular flexibility index (Phi) is 5.50. The number of hydrogen-bond donors (Lipinski definition) is 1. The highest BCUT2D eigenvalue weighted by atomic mass is 16.5. The van der Waals surface area contributed by atoms with Gasteiger partial charge in [-0.15, -0.1) is 0 Å². The van der Waals surface area contributed by atoms with E-state index in [1.807, 2.05) is 0 Å². The van der Waals surface area contributed by atoms with E-state index in [1.165, 1.54) is 6.20 Å². The molecule has 0 atom stereocenters. The molecule has 0 fully saturated rings. The Morgan fingerprint density at radius 3 is 2.95 bits per heavy atom. The van der Waals surface area contributed by atoms with Crippen molar-refractivity contribution in [3.63, 3.8) is 0 Å². The van der Waals surface area contributed by atoms with Crippen molar-refractivity contribution in [1.29, 1.82) is 5.26 Å². The number of aromatic nitrogens is 1. The van der Waals surface area contributed by atoms with Gasteiger partial charge in [-0.2, -0.15) is 5.26 Å². The van der Waals surface area contributed by atoms with Crippen LogP contribution in [0.1, 0.15) is 35.7 Å². The summed E-state index contributed by atoms with van der Waals surface area (Å²) >= 11 is 0. The van der Waals surface area contributed by atoms with E-state index in [-0.39, 0.29) is 5.91 Å². The van der Waals surface area contributed by atoms with Gasteiger partial charge in [0.15, 0.2) is 0 Å².